The lowest BCUT2D eigenvalue weighted by Gasteiger charge is -2.59. The molecule has 0 radical (unpaired) electrons. The summed E-state index contributed by atoms with van der Waals surface area (Å²) in [6.45, 7) is 22.6. The van der Waals surface area contributed by atoms with Crippen molar-refractivity contribution in [3.8, 4) is 11.5 Å². The molecule has 3 aromatic rings. The molecule has 2 aromatic carbocycles. The van der Waals surface area contributed by atoms with E-state index in [4.69, 9.17) is 9.47 Å². The Morgan fingerprint density at radius 3 is 1.68 bits per heavy atom. The fraction of sp³-hybridized carbons (Fsp3) is 0.481. The van der Waals surface area contributed by atoms with Gasteiger partial charge in [-0.25, -0.2) is 0 Å². The van der Waals surface area contributed by atoms with Crippen LogP contribution in [-0.2, 0) is 0 Å². The van der Waals surface area contributed by atoms with Crippen LogP contribution in [0.3, 0.4) is 0 Å². The monoisotopic (exact) mass is 527 g/mol. The van der Waals surface area contributed by atoms with E-state index in [2.05, 4.69) is 113 Å². The molecule has 1 atom stereocenters. The second-order valence-electron chi connectivity index (χ2n) is 12.8. The highest BCUT2D eigenvalue weighted by Crippen LogP contribution is 2.47. The molecule has 186 valence electrons. The van der Waals surface area contributed by atoms with Gasteiger partial charge in [0.2, 0.25) is 0 Å². The van der Waals surface area contributed by atoms with Gasteiger partial charge in [0.05, 0.1) is 14.2 Å². The van der Waals surface area contributed by atoms with Crippen molar-refractivity contribution >= 4 is 40.3 Å². The molecule has 0 bridgehead atoms. The van der Waals surface area contributed by atoms with Crippen LogP contribution >= 0.6 is 0 Å². The summed E-state index contributed by atoms with van der Waals surface area (Å²) >= 11 is 0. The number of ether oxygens (including phenoxy) is 2. The van der Waals surface area contributed by atoms with Crippen molar-refractivity contribution in [2.24, 2.45) is 0 Å². The van der Waals surface area contributed by atoms with Crippen molar-refractivity contribution in [2.45, 2.75) is 70.9 Å². The van der Waals surface area contributed by atoms with E-state index in [9.17, 15) is 0 Å². The van der Waals surface area contributed by atoms with Gasteiger partial charge in [-0.3, -0.25) is 0 Å². The topological polar surface area (TPSA) is 34.2 Å². The van der Waals surface area contributed by atoms with Crippen molar-refractivity contribution in [3.63, 3.8) is 0 Å². The Kier molecular flexibility index (Phi) is 7.54. The Hall–Kier alpha value is -1.55. The molecule has 3 nitrogen and oxygen atoms in total. The molecule has 0 saturated carbocycles. The van der Waals surface area contributed by atoms with Crippen molar-refractivity contribution < 1.29 is 9.47 Å². The van der Waals surface area contributed by atoms with Crippen LogP contribution in [0.5, 0.6) is 11.5 Å². The quantitative estimate of drug-likeness (QED) is 0.286. The third-order valence-corrected chi connectivity index (χ3v) is 82.3. The fourth-order valence-corrected chi connectivity index (χ4v) is 105. The average Bonchev–Trinajstić information content (AvgIpc) is 3.14. The van der Waals surface area contributed by atoms with Crippen molar-refractivity contribution in [3.05, 3.63) is 59.8 Å². The average molecular weight is 528 g/mol. The lowest BCUT2D eigenvalue weighted by atomic mass is 9.92. The summed E-state index contributed by atoms with van der Waals surface area (Å²) in [5.74, 6) is 2.22. The summed E-state index contributed by atoms with van der Waals surface area (Å²) in [6, 6.07) is 16.7. The smallest absolute Gasteiger partial charge is 0.119 e. The van der Waals surface area contributed by atoms with E-state index in [0.29, 0.717) is 5.92 Å². The largest absolute Gasteiger partial charge is 0.497 e. The Morgan fingerprint density at radius 2 is 1.21 bits per heavy atom. The Bertz CT molecular complexity index is 1080. The summed E-state index contributed by atoms with van der Waals surface area (Å²) in [4.78, 5) is 3.58. The van der Waals surface area contributed by atoms with Crippen LogP contribution in [0, 0.1) is 0 Å². The van der Waals surface area contributed by atoms with E-state index in [0.717, 1.165) is 11.5 Å². The lowest BCUT2D eigenvalue weighted by Crippen LogP contribution is -2.82. The van der Waals surface area contributed by atoms with Gasteiger partial charge >= 0.3 is 0 Å². The molecule has 0 amide bonds. The number of aromatic amines is 1. The molecular formula is C27H45NO2Si4. The molecule has 1 N–H and O–H groups in total. The van der Waals surface area contributed by atoms with Gasteiger partial charge < -0.3 is 14.5 Å². The van der Waals surface area contributed by atoms with E-state index in [1.54, 1.807) is 14.2 Å². The Morgan fingerprint density at radius 1 is 0.706 bits per heavy atom. The molecular weight excluding hydrogens is 483 g/mol. The summed E-state index contributed by atoms with van der Waals surface area (Å²) in [6.07, 6.45) is 2.27. The number of rotatable bonds is 9. The highest BCUT2D eigenvalue weighted by Gasteiger charge is 2.61. The summed E-state index contributed by atoms with van der Waals surface area (Å²) in [5.41, 5.74) is 4.03. The van der Waals surface area contributed by atoms with Crippen molar-refractivity contribution in [1.29, 1.82) is 0 Å². The molecule has 0 spiro atoms. The third kappa shape index (κ3) is 4.76. The number of hydrogen-bond donors (Lipinski definition) is 1. The van der Waals surface area contributed by atoms with Crippen LogP contribution in [0.15, 0.2) is 48.7 Å². The molecule has 1 aromatic heterocycles. The minimum absolute atomic E-state index is 0.378. The van der Waals surface area contributed by atoms with Crippen LogP contribution in [0.1, 0.15) is 17.0 Å². The van der Waals surface area contributed by atoms with Crippen LogP contribution < -0.4 is 9.47 Å². The number of methoxy groups -OCH3 is 2. The van der Waals surface area contributed by atoms with Gasteiger partial charge in [-0.1, -0.05) is 77.1 Å². The standard InChI is InChI=1S/C27H45NO2Si4/c1-29-22-14-12-21(13-15-22)26(25-19-28-27-17-16-23(30-2)18-24(25)27)20-34(31(3,4)5,32(6,7)8)33(9,10)11/h12-19,26,28H,20H2,1-11H3. The van der Waals surface area contributed by atoms with Crippen LogP contribution in [-0.4, -0.2) is 48.6 Å². The van der Waals surface area contributed by atoms with Crippen molar-refractivity contribution in [2.75, 3.05) is 14.2 Å². The molecule has 7 heteroatoms. The SMILES string of the molecule is COc1ccc(C(C[Si]([Si](C)(C)C)([Si](C)(C)C)[Si](C)(C)C)c2c[nH]c3ccc(OC)cc23)cc1. The molecule has 0 aliphatic carbocycles. The summed E-state index contributed by atoms with van der Waals surface area (Å²) in [5, 5.41) is 1.30. The highest BCUT2D eigenvalue weighted by atomic mass is 29.9. The predicted octanol–water partition coefficient (Wildman–Crippen LogP) is 8.02. The summed E-state index contributed by atoms with van der Waals surface area (Å²) in [7, 11) is -0.743. The van der Waals surface area contributed by atoms with E-state index < -0.39 is 29.4 Å². The normalized spacial score (nSPS) is 14.3. The van der Waals surface area contributed by atoms with E-state index in [-0.39, 0.29) is 0 Å². The van der Waals surface area contributed by atoms with Gasteiger partial charge in [0.1, 0.15) is 11.5 Å². The Balaban J connectivity index is 2.31. The van der Waals surface area contributed by atoms with Gasteiger partial charge in [0, 0.05) is 52.4 Å². The zero-order valence-electron chi connectivity index (χ0n) is 23.2. The van der Waals surface area contributed by atoms with E-state index in [1.165, 1.54) is 28.1 Å². The molecule has 1 heterocycles. The number of aromatic nitrogens is 1. The van der Waals surface area contributed by atoms with Crippen LogP contribution in [0.2, 0.25) is 65.0 Å². The second-order valence-corrected chi connectivity index (χ2v) is 54.2. The molecule has 3 rings (SSSR count). The second kappa shape index (κ2) is 9.48. The minimum atomic E-state index is -1.59. The maximum absolute atomic E-state index is 5.62. The number of nitrogens with one attached hydrogen (secondary N) is 1. The van der Waals surface area contributed by atoms with Crippen LogP contribution in [0.25, 0.3) is 10.9 Å². The molecule has 0 aliphatic rings. The number of benzene rings is 2. The molecule has 34 heavy (non-hydrogen) atoms. The van der Waals surface area contributed by atoms with Gasteiger partial charge in [-0.05, 0) is 41.5 Å². The lowest BCUT2D eigenvalue weighted by molar-refractivity contribution is 0.414. The Labute approximate surface area is 210 Å². The fourth-order valence-electron chi connectivity index (χ4n) is 7.38. The first kappa shape index (κ1) is 27.0. The third-order valence-electron chi connectivity index (χ3n) is 8.17. The number of H-pyrrole nitrogens is 1. The van der Waals surface area contributed by atoms with Gasteiger partial charge in [0.25, 0.3) is 0 Å². The van der Waals surface area contributed by atoms with E-state index in [1.807, 2.05) is 0 Å². The first-order valence-corrected chi connectivity index (χ1v) is 28.2. The first-order valence-electron chi connectivity index (χ1n) is 12.5. The minimum Gasteiger partial charge on any atom is -0.497 e. The number of hydrogen-bond acceptors (Lipinski definition) is 2. The molecule has 0 aliphatic heterocycles. The zero-order valence-corrected chi connectivity index (χ0v) is 27.2. The predicted molar refractivity (Wildman–Crippen MR) is 160 cm³/mol. The summed E-state index contributed by atoms with van der Waals surface area (Å²) < 4.78 is 11.1. The van der Waals surface area contributed by atoms with Gasteiger partial charge in [-0.15, -0.1) is 0 Å². The van der Waals surface area contributed by atoms with Gasteiger partial charge in [0.15, 0.2) is 0 Å². The number of fused-ring (bicyclic) bond motifs is 1. The van der Waals surface area contributed by atoms with Crippen LogP contribution in [0.4, 0.5) is 0 Å². The van der Waals surface area contributed by atoms with E-state index >= 15 is 0 Å². The maximum Gasteiger partial charge on any atom is 0.119 e. The first-order chi connectivity index (χ1) is 15.7. The van der Waals surface area contributed by atoms with Gasteiger partial charge in [-0.2, -0.15) is 0 Å². The maximum atomic E-state index is 5.62. The highest BCUT2D eigenvalue weighted by molar-refractivity contribution is 7.89. The molecule has 0 saturated heterocycles. The zero-order chi connectivity index (χ0) is 25.5. The van der Waals surface area contributed by atoms with Crippen molar-refractivity contribution in [1.82, 2.24) is 4.98 Å². The molecule has 0 fully saturated rings. The molecule has 1 unspecified atom stereocenters.